The summed E-state index contributed by atoms with van der Waals surface area (Å²) in [6.07, 6.45) is 0.541. The molecule has 0 aliphatic carbocycles. The number of carbonyl (C=O) groups is 2. The second kappa shape index (κ2) is 7.65. The van der Waals surface area contributed by atoms with Gasteiger partial charge in [-0.2, -0.15) is 0 Å². The molecule has 0 aliphatic heterocycles. The number of rotatable bonds is 6. The van der Waals surface area contributed by atoms with Crippen molar-refractivity contribution in [3.05, 3.63) is 71.7 Å². The molecule has 3 rings (SSSR count). The number of amides is 2. The van der Waals surface area contributed by atoms with Crippen LogP contribution in [0.1, 0.15) is 28.4 Å². The predicted molar refractivity (Wildman–Crippen MR) is 98.6 cm³/mol. The zero-order chi connectivity index (χ0) is 18.5. The first-order valence-electron chi connectivity index (χ1n) is 8.25. The van der Waals surface area contributed by atoms with Gasteiger partial charge < -0.3 is 15.5 Å². The molecule has 0 saturated carbocycles. The Bertz CT molecular complexity index is 932. The molecule has 0 spiro atoms. The van der Waals surface area contributed by atoms with Gasteiger partial charge in [0.2, 0.25) is 5.91 Å². The van der Waals surface area contributed by atoms with E-state index in [9.17, 15) is 9.59 Å². The first-order chi connectivity index (χ1) is 12.5. The van der Waals surface area contributed by atoms with E-state index in [1.54, 1.807) is 24.3 Å². The van der Waals surface area contributed by atoms with Crippen LogP contribution < -0.4 is 11.1 Å². The third-order valence-corrected chi connectivity index (χ3v) is 3.91. The normalized spacial score (nSPS) is 10.5. The van der Waals surface area contributed by atoms with Crippen molar-refractivity contribution < 1.29 is 14.0 Å². The minimum atomic E-state index is -0.586. The van der Waals surface area contributed by atoms with Gasteiger partial charge >= 0.3 is 0 Å². The number of carbonyl (C=O) groups excluding carboxylic acids is 2. The highest BCUT2D eigenvalue weighted by atomic mass is 16.4. The summed E-state index contributed by atoms with van der Waals surface area (Å²) in [4.78, 5) is 28.0. The molecular weight excluding hydrogens is 330 g/mol. The summed E-state index contributed by atoms with van der Waals surface area (Å²) in [5, 5.41) is 2.71. The maximum Gasteiger partial charge on any atom is 0.250 e. The number of primary amides is 1. The molecule has 26 heavy (non-hydrogen) atoms. The molecule has 0 radical (unpaired) electrons. The number of hydrogen-bond donors (Lipinski definition) is 2. The Morgan fingerprint density at radius 3 is 2.50 bits per heavy atom. The van der Waals surface area contributed by atoms with E-state index in [2.05, 4.69) is 10.3 Å². The third-order valence-electron chi connectivity index (χ3n) is 3.91. The number of benzene rings is 2. The third kappa shape index (κ3) is 3.97. The van der Waals surface area contributed by atoms with E-state index in [0.29, 0.717) is 23.8 Å². The highest BCUT2D eigenvalue weighted by Gasteiger charge is 2.14. The molecule has 0 unspecified atom stereocenters. The van der Waals surface area contributed by atoms with Crippen molar-refractivity contribution in [3.63, 3.8) is 0 Å². The number of nitrogens with two attached hydrogens (primary N) is 1. The largest absolute Gasteiger partial charge is 0.440 e. The molecule has 1 aromatic heterocycles. The van der Waals surface area contributed by atoms with E-state index < -0.39 is 5.91 Å². The zero-order valence-electron chi connectivity index (χ0n) is 14.4. The molecule has 3 N–H and O–H groups in total. The number of aryl methyl sites for hydroxylation is 2. The summed E-state index contributed by atoms with van der Waals surface area (Å²) in [7, 11) is 0. The smallest absolute Gasteiger partial charge is 0.250 e. The summed E-state index contributed by atoms with van der Waals surface area (Å²) in [5.74, 6) is 0.382. The number of aromatic nitrogens is 1. The van der Waals surface area contributed by atoms with Gasteiger partial charge in [-0.1, -0.05) is 42.5 Å². The molecule has 0 bridgehead atoms. The molecule has 0 fully saturated rings. The topological polar surface area (TPSA) is 98.2 Å². The molecule has 3 aromatic rings. The fraction of sp³-hybridized carbons (Fsp3) is 0.150. The van der Waals surface area contributed by atoms with E-state index in [1.807, 2.05) is 37.3 Å². The van der Waals surface area contributed by atoms with Crippen molar-refractivity contribution in [2.75, 3.05) is 5.32 Å². The summed E-state index contributed by atoms with van der Waals surface area (Å²) in [6, 6.07) is 16.3. The molecule has 0 saturated heterocycles. The van der Waals surface area contributed by atoms with E-state index in [0.717, 1.165) is 11.3 Å². The van der Waals surface area contributed by atoms with E-state index in [4.69, 9.17) is 10.2 Å². The molecule has 0 aliphatic rings. The van der Waals surface area contributed by atoms with Crippen molar-refractivity contribution in [1.29, 1.82) is 0 Å². The van der Waals surface area contributed by atoms with Crippen LogP contribution in [0, 0.1) is 6.92 Å². The minimum absolute atomic E-state index is 0.182. The first-order valence-corrected chi connectivity index (χ1v) is 8.25. The lowest BCUT2D eigenvalue weighted by atomic mass is 10.1. The Morgan fingerprint density at radius 2 is 1.77 bits per heavy atom. The molecular formula is C20H19N3O3. The minimum Gasteiger partial charge on any atom is -0.440 e. The molecule has 132 valence electrons. The number of anilines is 1. The van der Waals surface area contributed by atoms with Crippen LogP contribution in [0.5, 0.6) is 0 Å². The lowest BCUT2D eigenvalue weighted by molar-refractivity contribution is -0.116. The summed E-state index contributed by atoms with van der Waals surface area (Å²) >= 11 is 0. The van der Waals surface area contributed by atoms with E-state index >= 15 is 0 Å². The lowest BCUT2D eigenvalue weighted by Gasteiger charge is -2.08. The van der Waals surface area contributed by atoms with Gasteiger partial charge in [0.15, 0.2) is 11.7 Å². The van der Waals surface area contributed by atoms with Crippen molar-refractivity contribution in [2.45, 2.75) is 19.8 Å². The van der Waals surface area contributed by atoms with Crippen LogP contribution in [0.25, 0.3) is 11.3 Å². The van der Waals surface area contributed by atoms with Crippen LogP contribution in [-0.2, 0) is 11.2 Å². The Kier molecular flexibility index (Phi) is 5.12. The highest BCUT2D eigenvalue weighted by Crippen LogP contribution is 2.24. The Hall–Kier alpha value is -3.41. The lowest BCUT2D eigenvalue weighted by Crippen LogP contribution is -2.18. The van der Waals surface area contributed by atoms with Gasteiger partial charge in [0, 0.05) is 18.4 Å². The van der Waals surface area contributed by atoms with E-state index in [-0.39, 0.29) is 17.9 Å². The van der Waals surface area contributed by atoms with Gasteiger partial charge in [-0.05, 0) is 19.1 Å². The molecule has 2 amide bonds. The highest BCUT2D eigenvalue weighted by molar-refractivity contribution is 6.02. The molecule has 1 heterocycles. The predicted octanol–water partition coefficient (Wildman–Crippen LogP) is 3.32. The van der Waals surface area contributed by atoms with Crippen molar-refractivity contribution >= 4 is 17.5 Å². The average molecular weight is 349 g/mol. The van der Waals surface area contributed by atoms with Crippen LogP contribution in [0.3, 0.4) is 0 Å². The van der Waals surface area contributed by atoms with Crippen LogP contribution in [0.2, 0.25) is 0 Å². The van der Waals surface area contributed by atoms with Crippen LogP contribution in [0.4, 0.5) is 5.69 Å². The second-order valence-electron chi connectivity index (χ2n) is 5.85. The second-order valence-corrected chi connectivity index (χ2v) is 5.85. The van der Waals surface area contributed by atoms with Crippen molar-refractivity contribution in [3.8, 4) is 11.3 Å². The number of oxazole rings is 1. The summed E-state index contributed by atoms with van der Waals surface area (Å²) in [6.45, 7) is 1.87. The van der Waals surface area contributed by atoms with Gasteiger partial charge in [0.1, 0.15) is 0 Å². The Labute approximate surface area is 151 Å². The van der Waals surface area contributed by atoms with Gasteiger partial charge in [-0.25, -0.2) is 4.98 Å². The quantitative estimate of drug-likeness (QED) is 0.713. The summed E-state index contributed by atoms with van der Waals surface area (Å²) in [5.41, 5.74) is 7.72. The molecule has 6 nitrogen and oxygen atoms in total. The van der Waals surface area contributed by atoms with Crippen molar-refractivity contribution in [1.82, 2.24) is 4.98 Å². The maximum absolute atomic E-state index is 12.2. The number of nitrogens with zero attached hydrogens (tertiary/aromatic N) is 1. The first kappa shape index (κ1) is 17.4. The Morgan fingerprint density at radius 1 is 1.08 bits per heavy atom. The van der Waals surface area contributed by atoms with Crippen LogP contribution in [0.15, 0.2) is 59.0 Å². The summed E-state index contributed by atoms with van der Waals surface area (Å²) < 4.78 is 5.80. The van der Waals surface area contributed by atoms with Gasteiger partial charge in [0.25, 0.3) is 5.91 Å². The standard InChI is InChI=1S/C20H19N3O3/c1-13-19(14-7-3-2-4-8-14)26-18(22-13)12-11-17(24)23-16-10-6-5-9-15(16)20(21)25/h2-10H,11-12H2,1H3,(H2,21,25)(H,23,24). The number of hydrogen-bond acceptors (Lipinski definition) is 4. The van der Waals surface area contributed by atoms with Crippen molar-refractivity contribution in [2.24, 2.45) is 5.73 Å². The number of nitrogens with one attached hydrogen (secondary N) is 1. The van der Waals surface area contributed by atoms with Gasteiger partial charge in [-0.3, -0.25) is 9.59 Å². The molecule has 6 heteroatoms. The number of para-hydroxylation sites is 1. The molecule has 0 atom stereocenters. The maximum atomic E-state index is 12.2. The van der Waals surface area contributed by atoms with E-state index in [1.165, 1.54) is 0 Å². The fourth-order valence-corrected chi connectivity index (χ4v) is 2.66. The Balaban J connectivity index is 1.65. The fourth-order valence-electron chi connectivity index (χ4n) is 2.66. The molecule has 2 aromatic carbocycles. The average Bonchev–Trinajstić information content (AvgIpc) is 3.02. The van der Waals surface area contributed by atoms with Gasteiger partial charge in [-0.15, -0.1) is 0 Å². The van der Waals surface area contributed by atoms with Crippen LogP contribution in [-0.4, -0.2) is 16.8 Å². The zero-order valence-corrected chi connectivity index (χ0v) is 14.4. The van der Waals surface area contributed by atoms with Gasteiger partial charge in [0.05, 0.1) is 16.9 Å². The van der Waals surface area contributed by atoms with Crippen LogP contribution >= 0.6 is 0 Å². The monoisotopic (exact) mass is 349 g/mol. The SMILES string of the molecule is Cc1nc(CCC(=O)Nc2ccccc2C(N)=O)oc1-c1ccccc1.